The average molecular weight is 773 g/mol. The Morgan fingerprint density at radius 3 is 1.36 bits per heavy atom. The van der Waals surface area contributed by atoms with E-state index in [9.17, 15) is 24.3 Å². The standard InChI is InChI=1S/C42H29IO7/c43-35-21-31-17-27-13-7-15-29(39(27)49-41(47)25-9-3-1-4-10-25)19-33-23-36(44)24-34(38(33)46)20-30-16-8-14-28(18-32(22-35)37(31)45)40(30)50-42(48)26-11-5-2-6-12-26/h1-16,21-24,45H,17-20H2. The van der Waals surface area contributed by atoms with Crippen LogP contribution in [0.3, 0.4) is 0 Å². The third-order valence-corrected chi connectivity index (χ3v) is 9.36. The number of phenolic OH excluding ortho intramolecular Hbond substituents is 1. The number of carbonyl (C=O) groups excluding carboxylic acids is 4. The van der Waals surface area contributed by atoms with Gasteiger partial charge in [0.2, 0.25) is 0 Å². The molecular weight excluding hydrogens is 743 g/mol. The molecule has 1 N–H and O–H groups in total. The molecule has 7 rings (SSSR count). The van der Waals surface area contributed by atoms with Gasteiger partial charge in [-0.2, -0.15) is 0 Å². The largest absolute Gasteiger partial charge is 0.507 e. The van der Waals surface area contributed by atoms with Gasteiger partial charge in [-0.05, 0) is 105 Å². The molecule has 246 valence electrons. The maximum Gasteiger partial charge on any atom is 0.343 e. The molecule has 8 bridgehead atoms. The van der Waals surface area contributed by atoms with Crippen molar-refractivity contribution in [3.8, 4) is 17.2 Å². The smallest absolute Gasteiger partial charge is 0.343 e. The lowest BCUT2D eigenvalue weighted by Crippen LogP contribution is -2.19. The fraction of sp³-hybridized carbons (Fsp3) is 0.0952. The van der Waals surface area contributed by atoms with Crippen LogP contribution >= 0.6 is 22.6 Å². The number of carbonyl (C=O) groups is 4. The van der Waals surface area contributed by atoms with Crippen LogP contribution in [0.15, 0.2) is 132 Å². The van der Waals surface area contributed by atoms with Crippen LogP contribution in [0, 0.1) is 3.57 Å². The summed E-state index contributed by atoms with van der Waals surface area (Å²) in [6.45, 7) is 0. The first-order valence-electron chi connectivity index (χ1n) is 16.0. The van der Waals surface area contributed by atoms with Crippen molar-refractivity contribution in [2.45, 2.75) is 25.7 Å². The molecule has 8 heteroatoms. The van der Waals surface area contributed by atoms with Crippen LogP contribution in [-0.2, 0) is 35.3 Å². The Hall–Kier alpha value is -5.61. The van der Waals surface area contributed by atoms with E-state index >= 15 is 0 Å². The van der Waals surface area contributed by atoms with E-state index < -0.39 is 11.9 Å². The fourth-order valence-electron chi connectivity index (χ4n) is 6.34. The van der Waals surface area contributed by atoms with Gasteiger partial charge in [0, 0.05) is 40.4 Å². The van der Waals surface area contributed by atoms with Crippen LogP contribution < -0.4 is 9.47 Å². The number of Topliss-reactive ketones (excluding diaryl/α,β-unsaturated/α-hetero) is 1. The molecule has 5 aromatic rings. The van der Waals surface area contributed by atoms with Crippen molar-refractivity contribution >= 4 is 46.1 Å². The Kier molecular flexibility index (Phi) is 9.27. The summed E-state index contributed by atoms with van der Waals surface area (Å²) in [5.74, 6) is -1.21. The lowest BCUT2D eigenvalue weighted by atomic mass is 9.86. The number of phenols is 1. The molecule has 5 aromatic carbocycles. The molecule has 0 spiro atoms. The fourth-order valence-corrected chi connectivity index (χ4v) is 7.09. The molecule has 0 saturated heterocycles. The van der Waals surface area contributed by atoms with Crippen LogP contribution in [0.4, 0.5) is 0 Å². The summed E-state index contributed by atoms with van der Waals surface area (Å²) in [5, 5.41) is 11.7. The molecule has 0 aliphatic heterocycles. The third-order valence-electron chi connectivity index (χ3n) is 8.74. The van der Waals surface area contributed by atoms with E-state index in [1.54, 1.807) is 72.8 Å². The van der Waals surface area contributed by atoms with Crippen molar-refractivity contribution in [2.24, 2.45) is 0 Å². The number of ketones is 2. The van der Waals surface area contributed by atoms with Crippen molar-refractivity contribution in [3.63, 3.8) is 0 Å². The van der Waals surface area contributed by atoms with Gasteiger partial charge < -0.3 is 14.6 Å². The highest BCUT2D eigenvalue weighted by Crippen LogP contribution is 2.38. The minimum atomic E-state index is -0.571. The van der Waals surface area contributed by atoms with Crippen molar-refractivity contribution in [2.75, 3.05) is 0 Å². The van der Waals surface area contributed by atoms with Gasteiger partial charge in [0.15, 0.2) is 11.6 Å². The van der Waals surface area contributed by atoms with E-state index in [1.165, 1.54) is 12.2 Å². The maximum absolute atomic E-state index is 14.0. The first-order chi connectivity index (χ1) is 24.2. The molecule has 2 aliphatic rings. The lowest BCUT2D eigenvalue weighted by molar-refractivity contribution is -0.115. The van der Waals surface area contributed by atoms with Gasteiger partial charge in [-0.1, -0.05) is 72.8 Å². The van der Waals surface area contributed by atoms with Crippen LogP contribution in [0.5, 0.6) is 17.2 Å². The van der Waals surface area contributed by atoms with E-state index in [4.69, 9.17) is 9.47 Å². The summed E-state index contributed by atoms with van der Waals surface area (Å²) < 4.78 is 13.0. The summed E-state index contributed by atoms with van der Waals surface area (Å²) in [6.07, 6.45) is 3.07. The minimum Gasteiger partial charge on any atom is -0.507 e. The number of esters is 2. The van der Waals surface area contributed by atoms with Crippen LogP contribution in [-0.4, -0.2) is 28.6 Å². The number of fused-ring (bicyclic) bond motifs is 8. The van der Waals surface area contributed by atoms with Gasteiger partial charge in [-0.25, -0.2) is 9.59 Å². The summed E-state index contributed by atoms with van der Waals surface area (Å²) in [5.41, 5.74) is 4.70. The molecular formula is C42H29IO7. The molecule has 0 saturated carbocycles. The monoisotopic (exact) mass is 772 g/mol. The Morgan fingerprint density at radius 1 is 0.540 bits per heavy atom. The summed E-state index contributed by atoms with van der Waals surface area (Å²) >= 11 is 2.20. The van der Waals surface area contributed by atoms with Gasteiger partial charge in [0.25, 0.3) is 0 Å². The number of ether oxygens (including phenoxy) is 2. The highest BCUT2D eigenvalue weighted by molar-refractivity contribution is 14.1. The topological polar surface area (TPSA) is 107 Å². The van der Waals surface area contributed by atoms with Gasteiger partial charge >= 0.3 is 11.9 Å². The minimum absolute atomic E-state index is 0.0204. The Balaban J connectivity index is 1.38. The summed E-state index contributed by atoms with van der Waals surface area (Å²) in [6, 6.07) is 31.7. The number of benzene rings is 5. The second-order valence-electron chi connectivity index (χ2n) is 12.2. The van der Waals surface area contributed by atoms with E-state index in [0.717, 1.165) is 3.57 Å². The van der Waals surface area contributed by atoms with Crippen LogP contribution in [0.1, 0.15) is 54.1 Å². The Bertz CT molecular complexity index is 2100. The predicted molar refractivity (Wildman–Crippen MR) is 196 cm³/mol. The van der Waals surface area contributed by atoms with Crippen molar-refractivity contribution in [1.29, 1.82) is 0 Å². The van der Waals surface area contributed by atoms with Gasteiger partial charge in [0.1, 0.15) is 17.2 Å². The highest BCUT2D eigenvalue weighted by atomic mass is 127. The first-order valence-corrected chi connectivity index (χ1v) is 17.1. The molecule has 0 amide bonds. The normalized spacial score (nSPS) is 13.9. The van der Waals surface area contributed by atoms with Gasteiger partial charge in [-0.3, -0.25) is 9.59 Å². The van der Waals surface area contributed by atoms with Gasteiger partial charge in [-0.15, -0.1) is 0 Å². The Labute approximate surface area is 302 Å². The molecule has 0 atom stereocenters. The zero-order valence-corrected chi connectivity index (χ0v) is 28.8. The quantitative estimate of drug-likeness (QED) is 0.0864. The molecule has 0 fully saturated rings. The first kappa shape index (κ1) is 32.9. The molecule has 0 aromatic heterocycles. The van der Waals surface area contributed by atoms with E-state index in [1.807, 2.05) is 36.4 Å². The summed E-state index contributed by atoms with van der Waals surface area (Å²) in [7, 11) is 0. The molecule has 0 unspecified atom stereocenters. The lowest BCUT2D eigenvalue weighted by Gasteiger charge is -2.21. The zero-order chi connectivity index (χ0) is 34.8. The highest BCUT2D eigenvalue weighted by Gasteiger charge is 2.27. The SMILES string of the molecule is O=C1C=C2Cc3cccc(c3OC(=O)c3ccccc3)Cc3cc(I)cc(c3O)Cc3cccc(c3OC(=O)c3ccccc3)CC(=C1)C2=O. The van der Waals surface area contributed by atoms with E-state index in [0.29, 0.717) is 44.5 Å². The number of rotatable bonds is 4. The second kappa shape index (κ2) is 14.1. The number of para-hydroxylation sites is 2. The number of allylic oxidation sites excluding steroid dienone is 4. The van der Waals surface area contributed by atoms with E-state index in [2.05, 4.69) is 22.6 Å². The van der Waals surface area contributed by atoms with Crippen molar-refractivity contribution in [3.05, 3.63) is 181 Å². The molecule has 0 heterocycles. The average Bonchev–Trinajstić information content (AvgIpc) is 3.11. The molecule has 50 heavy (non-hydrogen) atoms. The zero-order valence-electron chi connectivity index (χ0n) is 26.7. The van der Waals surface area contributed by atoms with Crippen LogP contribution in [0.25, 0.3) is 0 Å². The number of hydrogen-bond acceptors (Lipinski definition) is 7. The maximum atomic E-state index is 14.0. The van der Waals surface area contributed by atoms with Crippen molar-refractivity contribution in [1.82, 2.24) is 0 Å². The third kappa shape index (κ3) is 6.93. The van der Waals surface area contributed by atoms with Gasteiger partial charge in [0.05, 0.1) is 11.1 Å². The molecule has 2 aliphatic carbocycles. The summed E-state index contributed by atoms with van der Waals surface area (Å²) in [4.78, 5) is 53.9. The molecule has 7 nitrogen and oxygen atoms in total. The van der Waals surface area contributed by atoms with Crippen molar-refractivity contribution < 1.29 is 33.8 Å². The van der Waals surface area contributed by atoms with E-state index in [-0.39, 0.29) is 65.6 Å². The predicted octanol–water partition coefficient (Wildman–Crippen LogP) is 7.72. The number of halogens is 1. The number of aromatic hydroxyl groups is 1. The number of hydrogen-bond donors (Lipinski definition) is 1. The molecule has 0 radical (unpaired) electrons. The Morgan fingerprint density at radius 2 is 0.940 bits per heavy atom. The second-order valence-corrected chi connectivity index (χ2v) is 13.4. The van der Waals surface area contributed by atoms with Crippen LogP contribution in [0.2, 0.25) is 0 Å².